The van der Waals surface area contributed by atoms with Gasteiger partial charge in [0.1, 0.15) is 11.5 Å². The zero-order valence-corrected chi connectivity index (χ0v) is 13.3. The normalized spacial score (nSPS) is 10.2. The molecule has 0 aliphatic heterocycles. The summed E-state index contributed by atoms with van der Waals surface area (Å²) in [5.74, 6) is 0.723. The molecule has 1 amide bonds. The zero-order chi connectivity index (χ0) is 16.8. The quantitative estimate of drug-likeness (QED) is 0.859. The molecule has 0 bridgehead atoms. The van der Waals surface area contributed by atoms with Gasteiger partial charge in [-0.3, -0.25) is 14.2 Å². The fourth-order valence-corrected chi connectivity index (χ4v) is 2.06. The minimum absolute atomic E-state index is 0.147. The number of aromatic nitrogens is 2. The molecule has 0 radical (unpaired) electrons. The Labute approximate surface area is 133 Å². The van der Waals surface area contributed by atoms with Gasteiger partial charge >= 0.3 is 0 Å². The lowest BCUT2D eigenvalue weighted by molar-refractivity contribution is 0.0948. The molecule has 0 saturated heterocycles. The molecule has 1 N–H and O–H groups in total. The van der Waals surface area contributed by atoms with Crippen LogP contribution in [0.1, 0.15) is 16.1 Å². The van der Waals surface area contributed by atoms with Crippen LogP contribution >= 0.6 is 0 Å². The van der Waals surface area contributed by atoms with Crippen LogP contribution < -0.4 is 20.3 Å². The Morgan fingerprint density at radius 1 is 1.26 bits per heavy atom. The second kappa shape index (κ2) is 7.44. The van der Waals surface area contributed by atoms with E-state index < -0.39 is 0 Å². The number of amides is 1. The Morgan fingerprint density at radius 2 is 2.04 bits per heavy atom. The van der Waals surface area contributed by atoms with Gasteiger partial charge in [0.05, 0.1) is 26.1 Å². The SMILES string of the molecule is COc1ccc(OC)c(C(=O)NCCn2cnc(C)cc2=O)c1. The lowest BCUT2D eigenvalue weighted by Gasteiger charge is -2.11. The maximum atomic E-state index is 12.3. The Kier molecular flexibility index (Phi) is 5.35. The molecule has 0 spiro atoms. The second-order valence-corrected chi connectivity index (χ2v) is 4.88. The Hall–Kier alpha value is -2.83. The number of rotatable bonds is 6. The molecule has 1 aromatic carbocycles. The first-order valence-electron chi connectivity index (χ1n) is 7.08. The predicted octanol–water partition coefficient (Wildman–Crippen LogP) is 0.999. The molecular weight excluding hydrogens is 298 g/mol. The van der Waals surface area contributed by atoms with E-state index >= 15 is 0 Å². The van der Waals surface area contributed by atoms with E-state index in [4.69, 9.17) is 9.47 Å². The molecule has 122 valence electrons. The van der Waals surface area contributed by atoms with Crippen LogP contribution in [0, 0.1) is 6.92 Å². The van der Waals surface area contributed by atoms with Crippen LogP contribution in [0.5, 0.6) is 11.5 Å². The van der Waals surface area contributed by atoms with Gasteiger partial charge in [0, 0.05) is 24.8 Å². The fraction of sp³-hybridized carbons (Fsp3) is 0.312. The van der Waals surface area contributed by atoms with Gasteiger partial charge in [-0.2, -0.15) is 0 Å². The molecule has 7 nitrogen and oxygen atoms in total. The minimum Gasteiger partial charge on any atom is -0.497 e. The smallest absolute Gasteiger partial charge is 0.255 e. The highest BCUT2D eigenvalue weighted by atomic mass is 16.5. The molecule has 23 heavy (non-hydrogen) atoms. The third-order valence-electron chi connectivity index (χ3n) is 3.31. The van der Waals surface area contributed by atoms with E-state index in [9.17, 15) is 9.59 Å². The third kappa shape index (κ3) is 4.09. The molecular formula is C16H19N3O4. The van der Waals surface area contributed by atoms with Crippen LogP contribution in [0.4, 0.5) is 0 Å². The van der Waals surface area contributed by atoms with Crippen molar-refractivity contribution in [1.82, 2.24) is 14.9 Å². The molecule has 1 aromatic heterocycles. The molecule has 0 saturated carbocycles. The molecule has 2 rings (SSSR count). The number of methoxy groups -OCH3 is 2. The molecule has 7 heteroatoms. The number of carbonyl (C=O) groups is 1. The summed E-state index contributed by atoms with van der Waals surface area (Å²) in [6.45, 7) is 2.39. The second-order valence-electron chi connectivity index (χ2n) is 4.88. The fourth-order valence-electron chi connectivity index (χ4n) is 2.06. The van der Waals surface area contributed by atoms with E-state index in [1.54, 1.807) is 25.1 Å². The lowest BCUT2D eigenvalue weighted by atomic mass is 10.1. The summed E-state index contributed by atoms with van der Waals surface area (Å²) >= 11 is 0. The van der Waals surface area contributed by atoms with Crippen LogP contribution in [0.2, 0.25) is 0 Å². The van der Waals surface area contributed by atoms with Gasteiger partial charge in [-0.25, -0.2) is 4.98 Å². The van der Waals surface area contributed by atoms with Crippen LogP contribution in [-0.4, -0.2) is 36.2 Å². The number of carbonyl (C=O) groups excluding carboxylic acids is 1. The number of hydrogen-bond donors (Lipinski definition) is 1. The van der Waals surface area contributed by atoms with Crippen molar-refractivity contribution in [3.05, 3.63) is 52.2 Å². The van der Waals surface area contributed by atoms with E-state index in [2.05, 4.69) is 10.3 Å². The monoisotopic (exact) mass is 317 g/mol. The summed E-state index contributed by atoms with van der Waals surface area (Å²) in [5.41, 5.74) is 0.892. The number of hydrogen-bond acceptors (Lipinski definition) is 5. The largest absolute Gasteiger partial charge is 0.497 e. The molecule has 0 aliphatic carbocycles. The predicted molar refractivity (Wildman–Crippen MR) is 85.1 cm³/mol. The maximum Gasteiger partial charge on any atom is 0.255 e. The summed E-state index contributed by atoms with van der Waals surface area (Å²) in [6, 6.07) is 6.44. The van der Waals surface area contributed by atoms with Crippen LogP contribution in [0.3, 0.4) is 0 Å². The Bertz CT molecular complexity index is 755. The standard InChI is InChI=1S/C16H19N3O4/c1-11-8-15(20)19(10-18-11)7-6-17-16(21)13-9-12(22-2)4-5-14(13)23-3/h4-5,8-10H,6-7H2,1-3H3,(H,17,21). The van der Waals surface area contributed by atoms with Gasteiger partial charge in [-0.1, -0.05) is 0 Å². The molecule has 0 unspecified atom stereocenters. The van der Waals surface area contributed by atoms with Gasteiger partial charge in [-0.15, -0.1) is 0 Å². The van der Waals surface area contributed by atoms with Crippen LogP contribution in [-0.2, 0) is 6.54 Å². The van der Waals surface area contributed by atoms with E-state index in [0.29, 0.717) is 35.8 Å². The highest BCUT2D eigenvalue weighted by Crippen LogP contribution is 2.23. The van der Waals surface area contributed by atoms with Gasteiger partial charge in [0.2, 0.25) is 0 Å². The summed E-state index contributed by atoms with van der Waals surface area (Å²) in [4.78, 5) is 28.1. The average Bonchev–Trinajstić information content (AvgIpc) is 2.56. The first-order valence-corrected chi connectivity index (χ1v) is 7.08. The van der Waals surface area contributed by atoms with Crippen molar-refractivity contribution in [2.75, 3.05) is 20.8 Å². The molecule has 0 atom stereocenters. The van der Waals surface area contributed by atoms with Crippen molar-refractivity contribution in [2.45, 2.75) is 13.5 Å². The van der Waals surface area contributed by atoms with Crippen molar-refractivity contribution in [1.29, 1.82) is 0 Å². The summed E-state index contributed by atoms with van der Waals surface area (Å²) in [6.07, 6.45) is 1.47. The molecule has 2 aromatic rings. The number of ether oxygens (including phenoxy) is 2. The topological polar surface area (TPSA) is 82.4 Å². The van der Waals surface area contributed by atoms with Crippen molar-refractivity contribution in [3.63, 3.8) is 0 Å². The molecule has 1 heterocycles. The lowest BCUT2D eigenvalue weighted by Crippen LogP contribution is -2.31. The van der Waals surface area contributed by atoms with E-state index in [1.807, 2.05) is 0 Å². The Balaban J connectivity index is 2.03. The highest BCUT2D eigenvalue weighted by Gasteiger charge is 2.13. The summed E-state index contributed by atoms with van der Waals surface area (Å²) in [7, 11) is 3.02. The van der Waals surface area contributed by atoms with E-state index in [-0.39, 0.29) is 11.5 Å². The van der Waals surface area contributed by atoms with Gasteiger partial charge in [-0.05, 0) is 25.1 Å². The van der Waals surface area contributed by atoms with Gasteiger partial charge in [0.15, 0.2) is 0 Å². The first kappa shape index (κ1) is 16.5. The number of aryl methyl sites for hydroxylation is 1. The van der Waals surface area contributed by atoms with Crippen molar-refractivity contribution < 1.29 is 14.3 Å². The van der Waals surface area contributed by atoms with Crippen molar-refractivity contribution in [2.24, 2.45) is 0 Å². The van der Waals surface area contributed by atoms with E-state index in [1.165, 1.54) is 31.2 Å². The van der Waals surface area contributed by atoms with Crippen LogP contribution in [0.15, 0.2) is 35.4 Å². The highest BCUT2D eigenvalue weighted by molar-refractivity contribution is 5.97. The summed E-state index contributed by atoms with van der Waals surface area (Å²) < 4.78 is 11.7. The van der Waals surface area contributed by atoms with Gasteiger partial charge in [0.25, 0.3) is 11.5 Å². The number of nitrogens with one attached hydrogen (secondary N) is 1. The Morgan fingerprint density at radius 3 is 2.70 bits per heavy atom. The number of nitrogens with zero attached hydrogens (tertiary/aromatic N) is 2. The van der Waals surface area contributed by atoms with E-state index in [0.717, 1.165) is 0 Å². The first-order chi connectivity index (χ1) is 11.0. The molecule has 0 aliphatic rings. The summed E-state index contributed by atoms with van der Waals surface area (Å²) in [5, 5.41) is 2.75. The maximum absolute atomic E-state index is 12.3. The van der Waals surface area contributed by atoms with Crippen molar-refractivity contribution >= 4 is 5.91 Å². The molecule has 0 fully saturated rings. The van der Waals surface area contributed by atoms with Crippen LogP contribution in [0.25, 0.3) is 0 Å². The van der Waals surface area contributed by atoms with Gasteiger partial charge < -0.3 is 14.8 Å². The van der Waals surface area contributed by atoms with Crippen molar-refractivity contribution in [3.8, 4) is 11.5 Å². The average molecular weight is 317 g/mol. The number of benzene rings is 1. The third-order valence-corrected chi connectivity index (χ3v) is 3.31. The zero-order valence-electron chi connectivity index (χ0n) is 13.3. The minimum atomic E-state index is -0.297.